The molecule has 0 saturated carbocycles. The quantitative estimate of drug-likeness (QED) is 0.566. The van der Waals surface area contributed by atoms with Crippen LogP contribution in [0.15, 0.2) is 18.2 Å². The standard InChI is InChI=1S/C19H31N3O3S.2ClH/c1-4-22(5-2)9-10-25-18-12-15(6-7-17(18)24-3)21-19(23)13-16-14-26-11-8-20-16;;/h6-7,12,16,20H,4-5,8-11,13-14H2,1-3H3,(H,21,23);2*1H. The molecule has 1 aliphatic heterocycles. The summed E-state index contributed by atoms with van der Waals surface area (Å²) in [6.07, 6.45) is 0.483. The van der Waals surface area contributed by atoms with Gasteiger partial charge in [-0.3, -0.25) is 4.79 Å². The highest BCUT2D eigenvalue weighted by Gasteiger charge is 2.17. The SMILES string of the molecule is CCN(CC)CCOc1cc(NC(=O)CC2CSCCN2)ccc1OC.Cl.Cl. The summed E-state index contributed by atoms with van der Waals surface area (Å²) < 4.78 is 11.3. The summed E-state index contributed by atoms with van der Waals surface area (Å²) in [5, 5.41) is 6.35. The van der Waals surface area contributed by atoms with Crippen LogP contribution in [-0.4, -0.2) is 68.3 Å². The van der Waals surface area contributed by atoms with Crippen molar-refractivity contribution in [1.29, 1.82) is 0 Å². The van der Waals surface area contributed by atoms with Crippen LogP contribution in [0.5, 0.6) is 11.5 Å². The van der Waals surface area contributed by atoms with Gasteiger partial charge in [0.05, 0.1) is 7.11 Å². The molecule has 0 aliphatic carbocycles. The van der Waals surface area contributed by atoms with Gasteiger partial charge in [0.1, 0.15) is 6.61 Å². The van der Waals surface area contributed by atoms with Crippen LogP contribution in [0.25, 0.3) is 0 Å². The van der Waals surface area contributed by atoms with Gasteiger partial charge in [-0.2, -0.15) is 11.8 Å². The number of likely N-dealkylation sites (N-methyl/N-ethyl adjacent to an activating group) is 1. The molecule has 0 bridgehead atoms. The Bertz CT molecular complexity index is 571. The number of nitrogens with zero attached hydrogens (tertiary/aromatic N) is 1. The van der Waals surface area contributed by atoms with E-state index in [0.717, 1.165) is 43.4 Å². The van der Waals surface area contributed by atoms with Gasteiger partial charge in [0.2, 0.25) is 5.91 Å². The maximum Gasteiger partial charge on any atom is 0.225 e. The number of carbonyl (C=O) groups is 1. The maximum absolute atomic E-state index is 12.3. The molecule has 28 heavy (non-hydrogen) atoms. The number of hydrogen-bond donors (Lipinski definition) is 2. The molecule has 0 spiro atoms. The Morgan fingerprint density at radius 2 is 2.04 bits per heavy atom. The van der Waals surface area contributed by atoms with Gasteiger partial charge < -0.3 is 25.0 Å². The van der Waals surface area contributed by atoms with Crippen molar-refractivity contribution >= 4 is 48.2 Å². The number of carbonyl (C=O) groups excluding carboxylic acids is 1. The predicted molar refractivity (Wildman–Crippen MR) is 123 cm³/mol. The number of benzene rings is 1. The Morgan fingerprint density at radius 3 is 2.64 bits per heavy atom. The van der Waals surface area contributed by atoms with E-state index in [2.05, 4.69) is 29.4 Å². The van der Waals surface area contributed by atoms with Crippen LogP contribution < -0.4 is 20.1 Å². The maximum atomic E-state index is 12.3. The number of hydrogen-bond acceptors (Lipinski definition) is 6. The van der Waals surface area contributed by atoms with Gasteiger partial charge in [-0.15, -0.1) is 24.8 Å². The zero-order valence-corrected chi connectivity index (χ0v) is 19.3. The number of amides is 1. The molecule has 1 amide bonds. The van der Waals surface area contributed by atoms with Gasteiger partial charge in [-0.05, 0) is 25.2 Å². The molecule has 2 rings (SSSR count). The number of thioether (sulfide) groups is 1. The fourth-order valence-corrected chi connectivity index (χ4v) is 3.83. The molecule has 9 heteroatoms. The van der Waals surface area contributed by atoms with E-state index in [1.165, 1.54) is 0 Å². The lowest BCUT2D eigenvalue weighted by Crippen LogP contribution is -2.39. The first-order valence-electron chi connectivity index (χ1n) is 9.30. The molecule has 2 N–H and O–H groups in total. The zero-order valence-electron chi connectivity index (χ0n) is 16.9. The lowest BCUT2D eigenvalue weighted by Gasteiger charge is -2.22. The molecule has 1 aromatic rings. The first kappa shape index (κ1) is 27.1. The van der Waals surface area contributed by atoms with Crippen LogP contribution >= 0.6 is 36.6 Å². The van der Waals surface area contributed by atoms with Crippen LogP contribution in [-0.2, 0) is 4.79 Å². The molecule has 1 saturated heterocycles. The van der Waals surface area contributed by atoms with Crippen LogP contribution in [0.1, 0.15) is 20.3 Å². The highest BCUT2D eigenvalue weighted by Crippen LogP contribution is 2.30. The van der Waals surface area contributed by atoms with Crippen LogP contribution in [0.4, 0.5) is 5.69 Å². The third kappa shape index (κ3) is 9.09. The molecular weight excluding hydrogens is 421 g/mol. The fraction of sp³-hybridized carbons (Fsp3) is 0.632. The molecule has 0 aromatic heterocycles. The minimum absolute atomic E-state index is 0. The van der Waals surface area contributed by atoms with E-state index in [1.807, 2.05) is 30.0 Å². The molecule has 1 aliphatic rings. The predicted octanol–water partition coefficient (Wildman–Crippen LogP) is 3.29. The lowest BCUT2D eigenvalue weighted by molar-refractivity contribution is -0.116. The molecule has 1 heterocycles. The van der Waals surface area contributed by atoms with Crippen molar-refractivity contribution in [2.75, 3.05) is 56.7 Å². The van der Waals surface area contributed by atoms with E-state index < -0.39 is 0 Å². The highest BCUT2D eigenvalue weighted by molar-refractivity contribution is 7.99. The van der Waals surface area contributed by atoms with Crippen molar-refractivity contribution in [3.63, 3.8) is 0 Å². The lowest BCUT2D eigenvalue weighted by atomic mass is 10.2. The van der Waals surface area contributed by atoms with E-state index in [0.29, 0.717) is 24.5 Å². The monoisotopic (exact) mass is 453 g/mol. The van der Waals surface area contributed by atoms with Crippen molar-refractivity contribution in [1.82, 2.24) is 10.2 Å². The summed E-state index contributed by atoms with van der Waals surface area (Å²) in [5.41, 5.74) is 0.733. The average Bonchev–Trinajstić information content (AvgIpc) is 2.66. The Kier molecular flexibility index (Phi) is 14.6. The van der Waals surface area contributed by atoms with Crippen LogP contribution in [0.3, 0.4) is 0 Å². The number of nitrogens with one attached hydrogen (secondary N) is 2. The van der Waals surface area contributed by atoms with E-state index in [1.54, 1.807) is 7.11 Å². The van der Waals surface area contributed by atoms with E-state index in [-0.39, 0.29) is 36.8 Å². The Morgan fingerprint density at radius 1 is 1.29 bits per heavy atom. The number of anilines is 1. The van der Waals surface area contributed by atoms with Gasteiger partial charge in [-0.25, -0.2) is 0 Å². The summed E-state index contributed by atoms with van der Waals surface area (Å²) in [7, 11) is 1.62. The smallest absolute Gasteiger partial charge is 0.225 e. The van der Waals surface area contributed by atoms with Crippen molar-refractivity contribution in [2.24, 2.45) is 0 Å². The van der Waals surface area contributed by atoms with Gasteiger partial charge in [0.25, 0.3) is 0 Å². The van der Waals surface area contributed by atoms with Crippen molar-refractivity contribution in [3.8, 4) is 11.5 Å². The summed E-state index contributed by atoms with van der Waals surface area (Å²) in [6.45, 7) is 8.69. The van der Waals surface area contributed by atoms with Gasteiger partial charge in [-0.1, -0.05) is 13.8 Å². The second-order valence-electron chi connectivity index (χ2n) is 6.22. The molecule has 162 valence electrons. The first-order chi connectivity index (χ1) is 12.7. The fourth-order valence-electron chi connectivity index (χ4n) is 2.88. The minimum Gasteiger partial charge on any atom is -0.493 e. The molecular formula is C19H33Cl2N3O3S. The summed E-state index contributed by atoms with van der Waals surface area (Å²) in [4.78, 5) is 14.6. The molecule has 6 nitrogen and oxygen atoms in total. The van der Waals surface area contributed by atoms with Gasteiger partial charge >= 0.3 is 0 Å². The summed E-state index contributed by atoms with van der Waals surface area (Å²) >= 11 is 1.89. The first-order valence-corrected chi connectivity index (χ1v) is 10.5. The minimum atomic E-state index is 0. The summed E-state index contributed by atoms with van der Waals surface area (Å²) in [5.74, 6) is 3.45. The largest absolute Gasteiger partial charge is 0.493 e. The topological polar surface area (TPSA) is 62.8 Å². The third-order valence-corrected chi connectivity index (χ3v) is 5.57. The average molecular weight is 454 g/mol. The number of rotatable bonds is 10. The Hall–Kier alpha value is -0.860. The van der Waals surface area contributed by atoms with Crippen molar-refractivity contribution in [3.05, 3.63) is 18.2 Å². The second kappa shape index (κ2) is 15.0. The van der Waals surface area contributed by atoms with Crippen molar-refractivity contribution in [2.45, 2.75) is 26.3 Å². The van der Waals surface area contributed by atoms with Crippen LogP contribution in [0, 0.1) is 0 Å². The number of ether oxygens (including phenoxy) is 2. The van der Waals surface area contributed by atoms with E-state index in [4.69, 9.17) is 9.47 Å². The molecule has 1 unspecified atom stereocenters. The van der Waals surface area contributed by atoms with Crippen molar-refractivity contribution < 1.29 is 14.3 Å². The van der Waals surface area contributed by atoms with Gasteiger partial charge in [0.15, 0.2) is 11.5 Å². The molecule has 0 radical (unpaired) electrons. The number of methoxy groups -OCH3 is 1. The molecule has 1 atom stereocenters. The van der Waals surface area contributed by atoms with E-state index >= 15 is 0 Å². The normalized spacial score (nSPS) is 15.9. The second-order valence-corrected chi connectivity index (χ2v) is 7.37. The van der Waals surface area contributed by atoms with Crippen LogP contribution in [0.2, 0.25) is 0 Å². The van der Waals surface area contributed by atoms with Gasteiger partial charge in [0, 0.05) is 48.8 Å². The third-order valence-electron chi connectivity index (χ3n) is 4.44. The molecule has 1 fully saturated rings. The Labute approximate surface area is 185 Å². The Balaban J connectivity index is 0.00000364. The zero-order chi connectivity index (χ0) is 18.8. The molecule has 1 aromatic carbocycles. The number of halogens is 2. The summed E-state index contributed by atoms with van der Waals surface area (Å²) in [6, 6.07) is 5.76. The highest BCUT2D eigenvalue weighted by atomic mass is 35.5. The van der Waals surface area contributed by atoms with E-state index in [9.17, 15) is 4.79 Å².